The summed E-state index contributed by atoms with van der Waals surface area (Å²) < 4.78 is 1.94. The van der Waals surface area contributed by atoms with Gasteiger partial charge in [-0.25, -0.2) is 0 Å². The topological polar surface area (TPSA) is 43.8 Å². The molecule has 1 aromatic heterocycles. The molecule has 1 heterocycles. The third kappa shape index (κ3) is 1.86. The van der Waals surface area contributed by atoms with E-state index in [2.05, 4.69) is 17.2 Å². The van der Waals surface area contributed by atoms with Crippen molar-refractivity contribution < 1.29 is 0 Å². The molecule has 0 bridgehead atoms. The fourth-order valence-electron chi connectivity index (χ4n) is 2.10. The molecule has 0 fully saturated rings. The van der Waals surface area contributed by atoms with Gasteiger partial charge in [0.05, 0.1) is 11.4 Å². The average molecular weight is 215 g/mol. The standard InChI is InChI=1S/C13H17N3/c1-10-12(8-9-14)13(16(2)15-10)11-6-4-3-5-7-11/h3-7H,8-9,14H2,1-2H3. The zero-order valence-electron chi connectivity index (χ0n) is 9.77. The van der Waals surface area contributed by atoms with Gasteiger partial charge in [0.1, 0.15) is 0 Å². The summed E-state index contributed by atoms with van der Waals surface area (Å²) in [5.74, 6) is 0. The van der Waals surface area contributed by atoms with Crippen molar-refractivity contribution in [3.63, 3.8) is 0 Å². The molecule has 0 saturated heterocycles. The molecule has 0 aliphatic carbocycles. The molecule has 0 atom stereocenters. The maximum absolute atomic E-state index is 5.65. The first-order valence-corrected chi connectivity index (χ1v) is 5.52. The van der Waals surface area contributed by atoms with Crippen molar-refractivity contribution in [2.75, 3.05) is 6.54 Å². The molecule has 2 rings (SSSR count). The summed E-state index contributed by atoms with van der Waals surface area (Å²) >= 11 is 0. The second-order valence-electron chi connectivity index (χ2n) is 3.94. The van der Waals surface area contributed by atoms with Gasteiger partial charge in [-0.3, -0.25) is 4.68 Å². The van der Waals surface area contributed by atoms with Crippen LogP contribution in [0.1, 0.15) is 11.3 Å². The van der Waals surface area contributed by atoms with Gasteiger partial charge in [0.25, 0.3) is 0 Å². The van der Waals surface area contributed by atoms with Crippen LogP contribution in [-0.2, 0) is 13.5 Å². The van der Waals surface area contributed by atoms with Crippen molar-refractivity contribution >= 4 is 0 Å². The van der Waals surface area contributed by atoms with E-state index in [9.17, 15) is 0 Å². The molecule has 0 unspecified atom stereocenters. The lowest BCUT2D eigenvalue weighted by Crippen LogP contribution is -2.04. The number of benzene rings is 1. The maximum Gasteiger partial charge on any atom is 0.0714 e. The largest absolute Gasteiger partial charge is 0.330 e. The normalized spacial score (nSPS) is 10.7. The number of rotatable bonds is 3. The van der Waals surface area contributed by atoms with Gasteiger partial charge in [-0.2, -0.15) is 5.10 Å². The number of aryl methyl sites for hydroxylation is 2. The molecular weight excluding hydrogens is 198 g/mol. The molecule has 1 aromatic carbocycles. The SMILES string of the molecule is Cc1nn(C)c(-c2ccccc2)c1CCN. The van der Waals surface area contributed by atoms with E-state index >= 15 is 0 Å². The molecule has 0 saturated carbocycles. The van der Waals surface area contributed by atoms with Crippen LogP contribution < -0.4 is 5.73 Å². The van der Waals surface area contributed by atoms with Gasteiger partial charge >= 0.3 is 0 Å². The zero-order chi connectivity index (χ0) is 11.5. The molecule has 0 aliphatic heterocycles. The van der Waals surface area contributed by atoms with Crippen molar-refractivity contribution in [2.45, 2.75) is 13.3 Å². The Balaban J connectivity index is 2.55. The van der Waals surface area contributed by atoms with Crippen LogP contribution in [0, 0.1) is 6.92 Å². The highest BCUT2D eigenvalue weighted by molar-refractivity contribution is 5.64. The Hall–Kier alpha value is -1.61. The predicted molar refractivity (Wildman–Crippen MR) is 66.1 cm³/mol. The Kier molecular flexibility index (Phi) is 3.06. The minimum absolute atomic E-state index is 0.659. The molecule has 0 aliphatic rings. The van der Waals surface area contributed by atoms with Crippen LogP contribution in [0.5, 0.6) is 0 Å². The first-order valence-electron chi connectivity index (χ1n) is 5.52. The summed E-state index contributed by atoms with van der Waals surface area (Å²) in [7, 11) is 1.98. The molecular formula is C13H17N3. The van der Waals surface area contributed by atoms with Crippen molar-refractivity contribution in [1.82, 2.24) is 9.78 Å². The van der Waals surface area contributed by atoms with E-state index < -0.39 is 0 Å². The van der Waals surface area contributed by atoms with Crippen LogP contribution in [-0.4, -0.2) is 16.3 Å². The van der Waals surface area contributed by atoms with E-state index in [0.29, 0.717) is 6.54 Å². The predicted octanol–water partition coefficient (Wildman–Crippen LogP) is 1.90. The smallest absolute Gasteiger partial charge is 0.0714 e. The lowest BCUT2D eigenvalue weighted by atomic mass is 10.0. The number of nitrogens with two attached hydrogens (primary N) is 1. The fraction of sp³-hybridized carbons (Fsp3) is 0.308. The second kappa shape index (κ2) is 4.49. The molecule has 2 aromatic rings. The monoisotopic (exact) mass is 215 g/mol. The van der Waals surface area contributed by atoms with Crippen LogP contribution >= 0.6 is 0 Å². The fourth-order valence-corrected chi connectivity index (χ4v) is 2.10. The van der Waals surface area contributed by atoms with E-state index in [4.69, 9.17) is 5.73 Å². The van der Waals surface area contributed by atoms with Crippen LogP contribution in [0.25, 0.3) is 11.3 Å². The Morgan fingerprint density at radius 3 is 2.56 bits per heavy atom. The van der Waals surface area contributed by atoms with Gasteiger partial charge < -0.3 is 5.73 Å². The van der Waals surface area contributed by atoms with Gasteiger partial charge in [0.15, 0.2) is 0 Å². The summed E-state index contributed by atoms with van der Waals surface area (Å²) in [5, 5.41) is 4.47. The molecule has 0 radical (unpaired) electrons. The average Bonchev–Trinajstić information content (AvgIpc) is 2.56. The Morgan fingerprint density at radius 2 is 1.94 bits per heavy atom. The van der Waals surface area contributed by atoms with E-state index in [1.54, 1.807) is 0 Å². The maximum atomic E-state index is 5.65. The van der Waals surface area contributed by atoms with Crippen LogP contribution in [0.4, 0.5) is 0 Å². The molecule has 0 amide bonds. The second-order valence-corrected chi connectivity index (χ2v) is 3.94. The quantitative estimate of drug-likeness (QED) is 0.849. The lowest BCUT2D eigenvalue weighted by Gasteiger charge is -2.05. The van der Waals surface area contributed by atoms with E-state index in [1.807, 2.05) is 36.9 Å². The molecule has 3 nitrogen and oxygen atoms in total. The van der Waals surface area contributed by atoms with Crippen LogP contribution in [0.15, 0.2) is 30.3 Å². The zero-order valence-corrected chi connectivity index (χ0v) is 9.77. The number of hydrogen-bond acceptors (Lipinski definition) is 2. The molecule has 84 valence electrons. The highest BCUT2D eigenvalue weighted by atomic mass is 15.3. The van der Waals surface area contributed by atoms with E-state index in [1.165, 1.54) is 16.8 Å². The van der Waals surface area contributed by atoms with Crippen molar-refractivity contribution in [2.24, 2.45) is 12.8 Å². The lowest BCUT2D eigenvalue weighted by molar-refractivity contribution is 0.764. The summed E-state index contributed by atoms with van der Waals surface area (Å²) in [5.41, 5.74) is 10.4. The number of nitrogens with zero attached hydrogens (tertiary/aromatic N) is 2. The van der Waals surface area contributed by atoms with Crippen molar-refractivity contribution in [3.8, 4) is 11.3 Å². The molecule has 16 heavy (non-hydrogen) atoms. The summed E-state index contributed by atoms with van der Waals surface area (Å²) in [6, 6.07) is 10.3. The third-order valence-corrected chi connectivity index (χ3v) is 2.79. The Bertz CT molecular complexity index is 471. The molecule has 0 spiro atoms. The minimum Gasteiger partial charge on any atom is -0.330 e. The summed E-state index contributed by atoms with van der Waals surface area (Å²) in [6.45, 7) is 2.70. The van der Waals surface area contributed by atoms with Crippen LogP contribution in [0.3, 0.4) is 0 Å². The summed E-state index contributed by atoms with van der Waals surface area (Å²) in [6.07, 6.45) is 0.879. The first-order chi connectivity index (χ1) is 7.74. The van der Waals surface area contributed by atoms with Gasteiger partial charge in [-0.1, -0.05) is 30.3 Å². The van der Waals surface area contributed by atoms with Gasteiger partial charge in [-0.15, -0.1) is 0 Å². The highest BCUT2D eigenvalue weighted by Gasteiger charge is 2.13. The Labute approximate surface area is 95.9 Å². The van der Waals surface area contributed by atoms with Gasteiger partial charge in [-0.05, 0) is 19.9 Å². The van der Waals surface area contributed by atoms with Crippen molar-refractivity contribution in [1.29, 1.82) is 0 Å². The van der Waals surface area contributed by atoms with Gasteiger partial charge in [0.2, 0.25) is 0 Å². The van der Waals surface area contributed by atoms with Gasteiger partial charge in [0, 0.05) is 18.2 Å². The highest BCUT2D eigenvalue weighted by Crippen LogP contribution is 2.25. The van der Waals surface area contributed by atoms with Crippen LogP contribution in [0.2, 0.25) is 0 Å². The molecule has 2 N–H and O–H groups in total. The summed E-state index contributed by atoms with van der Waals surface area (Å²) in [4.78, 5) is 0. The number of aromatic nitrogens is 2. The third-order valence-electron chi connectivity index (χ3n) is 2.79. The first kappa shape index (κ1) is 10.9. The van der Waals surface area contributed by atoms with Crippen molar-refractivity contribution in [3.05, 3.63) is 41.6 Å². The van der Waals surface area contributed by atoms with E-state index in [-0.39, 0.29) is 0 Å². The van der Waals surface area contributed by atoms with E-state index in [0.717, 1.165) is 12.1 Å². The Morgan fingerprint density at radius 1 is 1.25 bits per heavy atom. The molecule has 3 heteroatoms. The minimum atomic E-state index is 0.659. The number of hydrogen-bond donors (Lipinski definition) is 1.